The maximum absolute atomic E-state index is 2.48. The van der Waals surface area contributed by atoms with Crippen molar-refractivity contribution in [2.24, 2.45) is 0 Å². The Labute approximate surface area is 77.5 Å². The van der Waals surface area contributed by atoms with Gasteiger partial charge in [-0.3, -0.25) is 0 Å². The maximum atomic E-state index is 2.48. The molecule has 0 aliphatic rings. The molecule has 2 nitrogen and oxygen atoms in total. The highest BCUT2D eigenvalue weighted by molar-refractivity contribution is 4.68. The van der Waals surface area contributed by atoms with Crippen LogP contribution in [0.25, 0.3) is 0 Å². The summed E-state index contributed by atoms with van der Waals surface area (Å²) in [5.41, 5.74) is 0. The zero-order valence-electron chi connectivity index (χ0n) is 9.30. The zero-order valence-corrected chi connectivity index (χ0v) is 9.30. The van der Waals surface area contributed by atoms with Gasteiger partial charge in [-0.15, -0.1) is 0 Å². The molecule has 0 bridgehead atoms. The summed E-state index contributed by atoms with van der Waals surface area (Å²) >= 11 is 0. The fourth-order valence-electron chi connectivity index (χ4n) is 1.44. The van der Waals surface area contributed by atoms with E-state index in [1.807, 2.05) is 0 Å². The monoisotopic (exact) mass is 172 g/mol. The molecule has 0 spiro atoms. The average molecular weight is 172 g/mol. The Hall–Kier alpha value is -0.0800. The van der Waals surface area contributed by atoms with Crippen molar-refractivity contribution in [3.05, 3.63) is 0 Å². The van der Waals surface area contributed by atoms with Crippen molar-refractivity contribution in [2.75, 3.05) is 33.7 Å². The second-order valence-electron chi connectivity index (χ2n) is 3.51. The van der Waals surface area contributed by atoms with Gasteiger partial charge >= 0.3 is 0 Å². The lowest BCUT2D eigenvalue weighted by Gasteiger charge is -2.29. The first kappa shape index (κ1) is 11.9. The summed E-state index contributed by atoms with van der Waals surface area (Å²) < 4.78 is 0. The quantitative estimate of drug-likeness (QED) is 0.601. The molecule has 0 aliphatic heterocycles. The fourth-order valence-corrected chi connectivity index (χ4v) is 1.44. The molecule has 0 fully saturated rings. The molecule has 1 atom stereocenters. The minimum absolute atomic E-state index is 0.713. The highest BCUT2D eigenvalue weighted by atomic mass is 15.2. The number of hydrogen-bond acceptors (Lipinski definition) is 2. The molecule has 74 valence electrons. The summed E-state index contributed by atoms with van der Waals surface area (Å²) in [5, 5.41) is 0. The molecule has 0 radical (unpaired) electrons. The van der Waals surface area contributed by atoms with Crippen molar-refractivity contribution in [2.45, 2.75) is 33.2 Å². The van der Waals surface area contributed by atoms with Crippen LogP contribution in [0.4, 0.5) is 0 Å². The summed E-state index contributed by atoms with van der Waals surface area (Å²) in [6.07, 6.45) is 1.24. The largest absolute Gasteiger partial charge is 0.305 e. The van der Waals surface area contributed by atoms with Gasteiger partial charge in [-0.25, -0.2) is 0 Å². The Morgan fingerprint density at radius 1 is 1.00 bits per heavy atom. The van der Waals surface area contributed by atoms with Crippen LogP contribution < -0.4 is 0 Å². The smallest absolute Gasteiger partial charge is 0.0214 e. The van der Waals surface area contributed by atoms with Crippen LogP contribution >= 0.6 is 0 Å². The van der Waals surface area contributed by atoms with Gasteiger partial charge in [0.2, 0.25) is 0 Å². The molecular formula is C10H24N2. The third-order valence-corrected chi connectivity index (χ3v) is 2.56. The third kappa shape index (κ3) is 4.07. The predicted octanol–water partition coefficient (Wildman–Crippen LogP) is 1.67. The van der Waals surface area contributed by atoms with Gasteiger partial charge in [0, 0.05) is 12.6 Å². The van der Waals surface area contributed by atoms with E-state index in [-0.39, 0.29) is 0 Å². The molecule has 0 aliphatic carbocycles. The highest BCUT2D eigenvalue weighted by Crippen LogP contribution is 2.01. The second-order valence-corrected chi connectivity index (χ2v) is 3.51. The first-order valence-corrected chi connectivity index (χ1v) is 5.04. The number of hydrogen-bond donors (Lipinski definition) is 0. The van der Waals surface area contributed by atoms with Gasteiger partial charge in [-0.2, -0.15) is 0 Å². The first-order chi connectivity index (χ1) is 5.65. The van der Waals surface area contributed by atoms with Crippen LogP contribution in [0.1, 0.15) is 27.2 Å². The van der Waals surface area contributed by atoms with Gasteiger partial charge in [-0.1, -0.05) is 20.8 Å². The molecule has 0 saturated carbocycles. The molecule has 12 heavy (non-hydrogen) atoms. The van der Waals surface area contributed by atoms with Crippen LogP contribution in [-0.4, -0.2) is 49.6 Å². The van der Waals surface area contributed by atoms with Crippen LogP contribution in [0.2, 0.25) is 0 Å². The molecule has 0 amide bonds. The van der Waals surface area contributed by atoms with E-state index in [9.17, 15) is 0 Å². The SMILES string of the molecule is CCC(CN(CC)CC)N(C)C. The van der Waals surface area contributed by atoms with Crippen LogP contribution in [0.3, 0.4) is 0 Å². The van der Waals surface area contributed by atoms with Gasteiger partial charge < -0.3 is 9.80 Å². The Morgan fingerprint density at radius 2 is 1.50 bits per heavy atom. The molecule has 0 rings (SSSR count). The fraction of sp³-hybridized carbons (Fsp3) is 1.00. The van der Waals surface area contributed by atoms with Gasteiger partial charge in [-0.05, 0) is 33.6 Å². The third-order valence-electron chi connectivity index (χ3n) is 2.56. The number of nitrogens with zero attached hydrogens (tertiary/aromatic N) is 2. The lowest BCUT2D eigenvalue weighted by Crippen LogP contribution is -2.39. The van der Waals surface area contributed by atoms with Crippen LogP contribution in [0.5, 0.6) is 0 Å². The highest BCUT2D eigenvalue weighted by Gasteiger charge is 2.11. The molecule has 0 aromatic carbocycles. The lowest BCUT2D eigenvalue weighted by molar-refractivity contribution is 0.190. The van der Waals surface area contributed by atoms with E-state index >= 15 is 0 Å². The summed E-state index contributed by atoms with van der Waals surface area (Å²) in [4.78, 5) is 4.80. The minimum Gasteiger partial charge on any atom is -0.305 e. The molecule has 0 aromatic heterocycles. The van der Waals surface area contributed by atoms with Crippen molar-refractivity contribution in [3.63, 3.8) is 0 Å². The van der Waals surface area contributed by atoms with Crippen LogP contribution in [0.15, 0.2) is 0 Å². The van der Waals surface area contributed by atoms with Gasteiger partial charge in [0.1, 0.15) is 0 Å². The lowest BCUT2D eigenvalue weighted by atomic mass is 10.2. The number of rotatable bonds is 6. The Kier molecular flexibility index (Phi) is 6.39. The first-order valence-electron chi connectivity index (χ1n) is 5.04. The average Bonchev–Trinajstić information content (AvgIpc) is 2.06. The zero-order chi connectivity index (χ0) is 9.56. The second kappa shape index (κ2) is 6.44. The molecule has 0 aromatic rings. The van der Waals surface area contributed by atoms with Gasteiger partial charge in [0.25, 0.3) is 0 Å². The van der Waals surface area contributed by atoms with E-state index in [0.29, 0.717) is 6.04 Å². The van der Waals surface area contributed by atoms with Crippen molar-refractivity contribution in [1.29, 1.82) is 0 Å². The minimum atomic E-state index is 0.713. The predicted molar refractivity (Wildman–Crippen MR) is 55.6 cm³/mol. The van der Waals surface area contributed by atoms with Gasteiger partial charge in [0.05, 0.1) is 0 Å². The van der Waals surface area contributed by atoms with E-state index in [4.69, 9.17) is 0 Å². The topological polar surface area (TPSA) is 6.48 Å². The number of likely N-dealkylation sites (N-methyl/N-ethyl adjacent to an activating group) is 2. The Morgan fingerprint density at radius 3 is 1.75 bits per heavy atom. The molecule has 0 N–H and O–H groups in total. The summed E-state index contributed by atoms with van der Waals surface area (Å²) in [7, 11) is 4.33. The standard InChI is InChI=1S/C10H24N2/c1-6-10(11(4)5)9-12(7-2)8-3/h10H,6-9H2,1-5H3. The van der Waals surface area contributed by atoms with Crippen molar-refractivity contribution < 1.29 is 0 Å². The van der Waals surface area contributed by atoms with E-state index in [1.165, 1.54) is 26.1 Å². The Bertz CT molecular complexity index is 98.0. The maximum Gasteiger partial charge on any atom is 0.0214 e. The van der Waals surface area contributed by atoms with Crippen LogP contribution in [-0.2, 0) is 0 Å². The molecule has 1 unspecified atom stereocenters. The molecule has 2 heteroatoms. The van der Waals surface area contributed by atoms with Gasteiger partial charge in [0.15, 0.2) is 0 Å². The summed E-state index contributed by atoms with van der Waals surface area (Å²) in [5.74, 6) is 0. The van der Waals surface area contributed by atoms with Crippen molar-refractivity contribution in [1.82, 2.24) is 9.80 Å². The van der Waals surface area contributed by atoms with E-state index in [0.717, 1.165) is 0 Å². The van der Waals surface area contributed by atoms with Crippen molar-refractivity contribution >= 4 is 0 Å². The van der Waals surface area contributed by atoms with E-state index in [2.05, 4.69) is 44.7 Å². The van der Waals surface area contributed by atoms with E-state index in [1.54, 1.807) is 0 Å². The molecular weight excluding hydrogens is 148 g/mol. The summed E-state index contributed by atoms with van der Waals surface area (Å²) in [6.45, 7) is 10.3. The normalized spacial score (nSPS) is 14.2. The van der Waals surface area contributed by atoms with Crippen LogP contribution in [0, 0.1) is 0 Å². The molecule has 0 heterocycles. The Balaban J connectivity index is 3.82. The van der Waals surface area contributed by atoms with Crippen molar-refractivity contribution in [3.8, 4) is 0 Å². The summed E-state index contributed by atoms with van der Waals surface area (Å²) in [6, 6.07) is 0.713. The molecule has 0 saturated heterocycles. The van der Waals surface area contributed by atoms with E-state index < -0.39 is 0 Å².